The molecule has 1 rings (SSSR count). The Morgan fingerprint density at radius 2 is 2.00 bits per heavy atom. The van der Waals surface area contributed by atoms with E-state index < -0.39 is 12.2 Å². The molecule has 0 aliphatic rings. The van der Waals surface area contributed by atoms with Crippen molar-refractivity contribution in [2.24, 2.45) is 0 Å². The molecule has 1 aromatic rings. The van der Waals surface area contributed by atoms with Gasteiger partial charge in [0.05, 0.1) is 6.10 Å². The van der Waals surface area contributed by atoms with Gasteiger partial charge in [0, 0.05) is 12.4 Å². The molecule has 2 unspecified atom stereocenters. The SMILES string of the molecule is CNCCC(O)C(O)c1ncccn1. The van der Waals surface area contributed by atoms with E-state index in [1.165, 1.54) is 12.4 Å². The first-order valence-corrected chi connectivity index (χ1v) is 4.53. The van der Waals surface area contributed by atoms with Crippen molar-refractivity contribution in [1.82, 2.24) is 15.3 Å². The van der Waals surface area contributed by atoms with Crippen molar-refractivity contribution >= 4 is 0 Å². The lowest BCUT2D eigenvalue weighted by atomic mass is 10.1. The third kappa shape index (κ3) is 3.02. The second-order valence-electron chi connectivity index (χ2n) is 3.01. The van der Waals surface area contributed by atoms with Crippen molar-refractivity contribution in [2.75, 3.05) is 13.6 Å². The Balaban J connectivity index is 2.52. The average Bonchev–Trinajstić information content (AvgIpc) is 2.26. The van der Waals surface area contributed by atoms with Crippen molar-refractivity contribution in [3.63, 3.8) is 0 Å². The predicted octanol–water partition coefficient (Wildman–Crippen LogP) is -0.520. The third-order valence-electron chi connectivity index (χ3n) is 1.90. The van der Waals surface area contributed by atoms with E-state index >= 15 is 0 Å². The lowest BCUT2D eigenvalue weighted by Crippen LogP contribution is -2.24. The monoisotopic (exact) mass is 197 g/mol. The van der Waals surface area contributed by atoms with E-state index in [0.717, 1.165) is 0 Å². The largest absolute Gasteiger partial charge is 0.390 e. The summed E-state index contributed by atoms with van der Waals surface area (Å²) in [7, 11) is 1.79. The average molecular weight is 197 g/mol. The van der Waals surface area contributed by atoms with Crippen LogP contribution in [0.4, 0.5) is 0 Å². The Morgan fingerprint density at radius 3 is 2.57 bits per heavy atom. The van der Waals surface area contributed by atoms with Crippen LogP contribution >= 0.6 is 0 Å². The van der Waals surface area contributed by atoms with Gasteiger partial charge in [-0.1, -0.05) is 0 Å². The van der Waals surface area contributed by atoms with Gasteiger partial charge in [-0.05, 0) is 26.1 Å². The smallest absolute Gasteiger partial charge is 0.159 e. The van der Waals surface area contributed by atoms with Gasteiger partial charge in [-0.25, -0.2) is 9.97 Å². The van der Waals surface area contributed by atoms with Crippen LogP contribution in [0.3, 0.4) is 0 Å². The topological polar surface area (TPSA) is 78.3 Å². The maximum Gasteiger partial charge on any atom is 0.159 e. The summed E-state index contributed by atoms with van der Waals surface area (Å²) in [5.74, 6) is 0.260. The van der Waals surface area contributed by atoms with Gasteiger partial charge in [0.15, 0.2) is 5.82 Å². The van der Waals surface area contributed by atoms with Crippen LogP contribution in [0.15, 0.2) is 18.5 Å². The highest BCUT2D eigenvalue weighted by atomic mass is 16.3. The maximum absolute atomic E-state index is 9.61. The highest BCUT2D eigenvalue weighted by Gasteiger charge is 2.19. The fourth-order valence-corrected chi connectivity index (χ4v) is 1.09. The van der Waals surface area contributed by atoms with Crippen LogP contribution in [0.5, 0.6) is 0 Å². The molecular weight excluding hydrogens is 182 g/mol. The molecule has 0 saturated carbocycles. The van der Waals surface area contributed by atoms with Crippen LogP contribution in [-0.2, 0) is 0 Å². The molecule has 0 bridgehead atoms. The van der Waals surface area contributed by atoms with E-state index in [2.05, 4.69) is 15.3 Å². The van der Waals surface area contributed by atoms with Crippen molar-refractivity contribution in [1.29, 1.82) is 0 Å². The van der Waals surface area contributed by atoms with Crippen molar-refractivity contribution in [3.05, 3.63) is 24.3 Å². The van der Waals surface area contributed by atoms with Gasteiger partial charge in [-0.2, -0.15) is 0 Å². The third-order valence-corrected chi connectivity index (χ3v) is 1.90. The number of rotatable bonds is 5. The van der Waals surface area contributed by atoms with Crippen molar-refractivity contribution < 1.29 is 10.2 Å². The first-order valence-electron chi connectivity index (χ1n) is 4.53. The highest BCUT2D eigenvalue weighted by Crippen LogP contribution is 2.13. The first-order chi connectivity index (χ1) is 6.75. The van der Waals surface area contributed by atoms with Crippen molar-refractivity contribution in [2.45, 2.75) is 18.6 Å². The summed E-state index contributed by atoms with van der Waals surface area (Å²) in [5, 5.41) is 22.0. The molecule has 0 fully saturated rings. The number of nitrogens with zero attached hydrogens (tertiary/aromatic N) is 2. The Hall–Kier alpha value is -1.04. The number of aliphatic hydroxyl groups is 2. The van der Waals surface area contributed by atoms with E-state index in [1.807, 2.05) is 0 Å². The quantitative estimate of drug-likeness (QED) is 0.592. The molecule has 78 valence electrons. The molecule has 0 radical (unpaired) electrons. The normalized spacial score (nSPS) is 15.1. The van der Waals surface area contributed by atoms with E-state index in [0.29, 0.717) is 13.0 Å². The molecule has 0 amide bonds. The minimum Gasteiger partial charge on any atom is -0.390 e. The Labute approximate surface area is 82.8 Å². The molecular formula is C9H15N3O2. The second kappa shape index (κ2) is 5.64. The maximum atomic E-state index is 9.61. The van der Waals surface area contributed by atoms with E-state index in [9.17, 15) is 10.2 Å². The van der Waals surface area contributed by atoms with Gasteiger partial charge in [0.25, 0.3) is 0 Å². The molecule has 0 aliphatic heterocycles. The number of hydrogen-bond acceptors (Lipinski definition) is 5. The number of aromatic nitrogens is 2. The minimum atomic E-state index is -1.01. The zero-order valence-electron chi connectivity index (χ0n) is 8.09. The van der Waals surface area contributed by atoms with E-state index in [4.69, 9.17) is 0 Å². The van der Waals surface area contributed by atoms with Gasteiger partial charge in [-0.15, -0.1) is 0 Å². The Kier molecular flexibility index (Phi) is 4.45. The summed E-state index contributed by atoms with van der Waals surface area (Å²) >= 11 is 0. The van der Waals surface area contributed by atoms with Crippen LogP contribution in [-0.4, -0.2) is 39.9 Å². The standard InChI is InChI=1S/C9H15N3O2/c1-10-6-3-7(13)8(14)9-11-4-2-5-12-9/h2,4-5,7-8,10,13-14H,3,6H2,1H3. The van der Waals surface area contributed by atoms with Crippen LogP contribution < -0.4 is 5.32 Å². The molecule has 1 heterocycles. The number of aliphatic hydroxyl groups excluding tert-OH is 2. The van der Waals surface area contributed by atoms with E-state index in [-0.39, 0.29) is 5.82 Å². The molecule has 0 spiro atoms. The molecule has 3 N–H and O–H groups in total. The lowest BCUT2D eigenvalue weighted by Gasteiger charge is -2.15. The summed E-state index contributed by atoms with van der Waals surface area (Å²) in [6.45, 7) is 0.644. The molecule has 5 heteroatoms. The van der Waals surface area contributed by atoms with Crippen LogP contribution in [0, 0.1) is 0 Å². The molecule has 5 nitrogen and oxygen atoms in total. The summed E-state index contributed by atoms with van der Waals surface area (Å²) in [6.07, 6.45) is 1.71. The first kappa shape index (κ1) is 11.0. The van der Waals surface area contributed by atoms with Crippen LogP contribution in [0.25, 0.3) is 0 Å². The number of nitrogens with one attached hydrogen (secondary N) is 1. The summed E-state index contributed by atoms with van der Waals surface area (Å²) in [6, 6.07) is 1.66. The van der Waals surface area contributed by atoms with Crippen LogP contribution in [0.1, 0.15) is 18.3 Å². The molecule has 1 aromatic heterocycles. The Bertz CT molecular complexity index is 255. The zero-order valence-corrected chi connectivity index (χ0v) is 8.09. The van der Waals surface area contributed by atoms with Gasteiger partial charge in [0.1, 0.15) is 6.10 Å². The second-order valence-corrected chi connectivity index (χ2v) is 3.01. The fraction of sp³-hybridized carbons (Fsp3) is 0.556. The predicted molar refractivity (Wildman–Crippen MR) is 51.5 cm³/mol. The number of hydrogen-bond donors (Lipinski definition) is 3. The van der Waals surface area contributed by atoms with Crippen LogP contribution in [0.2, 0.25) is 0 Å². The molecule has 14 heavy (non-hydrogen) atoms. The fourth-order valence-electron chi connectivity index (χ4n) is 1.09. The summed E-state index contributed by atoms with van der Waals surface area (Å²) in [4.78, 5) is 7.73. The Morgan fingerprint density at radius 1 is 1.36 bits per heavy atom. The minimum absolute atomic E-state index is 0.260. The molecule has 0 aliphatic carbocycles. The van der Waals surface area contributed by atoms with Gasteiger partial charge < -0.3 is 15.5 Å². The summed E-state index contributed by atoms with van der Waals surface area (Å²) < 4.78 is 0. The van der Waals surface area contributed by atoms with Crippen molar-refractivity contribution in [3.8, 4) is 0 Å². The molecule has 0 aromatic carbocycles. The molecule has 2 atom stereocenters. The highest BCUT2D eigenvalue weighted by molar-refractivity contribution is 4.95. The van der Waals surface area contributed by atoms with Gasteiger partial charge in [0.2, 0.25) is 0 Å². The zero-order chi connectivity index (χ0) is 10.4. The van der Waals surface area contributed by atoms with Gasteiger partial charge >= 0.3 is 0 Å². The van der Waals surface area contributed by atoms with Gasteiger partial charge in [-0.3, -0.25) is 0 Å². The lowest BCUT2D eigenvalue weighted by molar-refractivity contribution is 0.00878. The molecule has 0 saturated heterocycles. The summed E-state index contributed by atoms with van der Waals surface area (Å²) in [5.41, 5.74) is 0. The van der Waals surface area contributed by atoms with E-state index in [1.54, 1.807) is 13.1 Å².